The van der Waals surface area contributed by atoms with Gasteiger partial charge in [0.15, 0.2) is 0 Å². The number of nitrogen functional groups attached to an aromatic ring is 1. The number of rotatable bonds is 0. The number of hydrogen-bond donors (Lipinski definition) is 1. The van der Waals surface area contributed by atoms with Crippen molar-refractivity contribution >= 4 is 27.6 Å². The Morgan fingerprint density at radius 1 is 1.50 bits per heavy atom. The van der Waals surface area contributed by atoms with E-state index in [1.807, 2.05) is 12.1 Å². The lowest BCUT2D eigenvalue weighted by Crippen LogP contribution is -1.80. The van der Waals surface area contributed by atoms with Crippen LogP contribution in [0.4, 0.5) is 5.00 Å². The van der Waals surface area contributed by atoms with Gasteiger partial charge in [0.2, 0.25) is 0 Å². The summed E-state index contributed by atoms with van der Waals surface area (Å²) in [5.41, 5.74) is 7.26. The van der Waals surface area contributed by atoms with Crippen LogP contribution in [-0.4, -0.2) is 9.36 Å². The second-order valence-corrected chi connectivity index (χ2v) is 2.72. The van der Waals surface area contributed by atoms with Crippen molar-refractivity contribution in [3.05, 3.63) is 18.3 Å². The Labute approximate surface area is 61.7 Å². The predicted molar refractivity (Wildman–Crippen MR) is 41.8 cm³/mol. The molecule has 2 heterocycles. The van der Waals surface area contributed by atoms with Crippen molar-refractivity contribution in [2.24, 2.45) is 0 Å². The van der Waals surface area contributed by atoms with Crippen LogP contribution in [-0.2, 0) is 0 Å². The zero-order valence-electron chi connectivity index (χ0n) is 5.11. The first-order valence-corrected chi connectivity index (χ1v) is 3.61. The Balaban J connectivity index is 2.93. The summed E-state index contributed by atoms with van der Waals surface area (Å²) in [6, 6.07) is 3.75. The van der Waals surface area contributed by atoms with Gasteiger partial charge >= 0.3 is 0 Å². The molecule has 50 valence electrons. The highest BCUT2D eigenvalue weighted by atomic mass is 32.1. The fourth-order valence-corrected chi connectivity index (χ4v) is 1.39. The quantitative estimate of drug-likeness (QED) is 0.617. The molecular weight excluding hydrogens is 146 g/mol. The number of hydrogen-bond acceptors (Lipinski definition) is 4. The molecule has 0 bridgehead atoms. The fraction of sp³-hybridized carbons (Fsp3) is 0. The molecule has 4 heteroatoms. The normalized spacial score (nSPS) is 10.4. The zero-order chi connectivity index (χ0) is 6.97. The molecule has 2 aromatic heterocycles. The van der Waals surface area contributed by atoms with Gasteiger partial charge in [-0.2, -0.15) is 4.37 Å². The molecule has 0 spiro atoms. The van der Waals surface area contributed by atoms with E-state index in [0.29, 0.717) is 5.00 Å². The van der Waals surface area contributed by atoms with Crippen molar-refractivity contribution in [3.8, 4) is 0 Å². The Kier molecular flexibility index (Phi) is 1.07. The monoisotopic (exact) mass is 151 g/mol. The summed E-state index contributed by atoms with van der Waals surface area (Å²) < 4.78 is 4.07. The van der Waals surface area contributed by atoms with Crippen LogP contribution in [0.25, 0.3) is 11.0 Å². The number of fused-ring (bicyclic) bond motifs is 1. The maximum absolute atomic E-state index is 5.57. The van der Waals surface area contributed by atoms with Gasteiger partial charge in [0, 0.05) is 6.20 Å². The lowest BCUT2D eigenvalue weighted by molar-refractivity contribution is 1.41. The maximum atomic E-state index is 5.57. The molecule has 0 aromatic carbocycles. The molecule has 0 aliphatic carbocycles. The van der Waals surface area contributed by atoms with E-state index in [2.05, 4.69) is 9.36 Å². The topological polar surface area (TPSA) is 51.8 Å². The van der Waals surface area contributed by atoms with Crippen molar-refractivity contribution < 1.29 is 0 Å². The average molecular weight is 151 g/mol. The van der Waals surface area contributed by atoms with Crippen LogP contribution < -0.4 is 5.73 Å². The number of nitrogens with zero attached hydrogens (tertiary/aromatic N) is 2. The summed E-state index contributed by atoms with van der Waals surface area (Å²) in [6.07, 6.45) is 1.72. The molecule has 0 aliphatic rings. The first-order valence-electron chi connectivity index (χ1n) is 2.84. The van der Waals surface area contributed by atoms with Gasteiger partial charge in [-0.25, -0.2) is 0 Å². The average Bonchev–Trinajstić information content (AvgIpc) is 2.34. The number of aromatic nitrogens is 2. The molecule has 2 rings (SSSR count). The standard InChI is InChI=1S/C6H5N3S/c7-6-5-4(9-10-6)2-1-3-8-5/h1-3H,7H2. The molecule has 2 aromatic rings. The van der Waals surface area contributed by atoms with Crippen LogP contribution in [0.15, 0.2) is 18.3 Å². The molecule has 0 radical (unpaired) electrons. The van der Waals surface area contributed by atoms with Gasteiger partial charge in [-0.1, -0.05) is 0 Å². The summed E-state index contributed by atoms with van der Waals surface area (Å²) in [6.45, 7) is 0. The molecule has 0 unspecified atom stereocenters. The van der Waals surface area contributed by atoms with Gasteiger partial charge in [-0.15, -0.1) is 0 Å². The predicted octanol–water partition coefficient (Wildman–Crippen LogP) is 1.27. The lowest BCUT2D eigenvalue weighted by atomic mass is 10.4. The van der Waals surface area contributed by atoms with Crippen LogP contribution in [0.3, 0.4) is 0 Å². The van der Waals surface area contributed by atoms with E-state index in [-0.39, 0.29) is 0 Å². The van der Waals surface area contributed by atoms with Crippen molar-refractivity contribution in [1.82, 2.24) is 9.36 Å². The van der Waals surface area contributed by atoms with Gasteiger partial charge in [-0.3, -0.25) is 4.98 Å². The molecule has 0 atom stereocenters. The summed E-state index contributed by atoms with van der Waals surface area (Å²) in [5, 5.41) is 0.690. The minimum absolute atomic E-state index is 0.690. The van der Waals surface area contributed by atoms with Crippen molar-refractivity contribution in [2.45, 2.75) is 0 Å². The molecule has 0 saturated carbocycles. The van der Waals surface area contributed by atoms with Crippen LogP contribution in [0, 0.1) is 0 Å². The Hall–Kier alpha value is -1.16. The summed E-state index contributed by atoms with van der Waals surface area (Å²) in [4.78, 5) is 4.06. The Bertz CT molecular complexity index is 355. The number of pyridine rings is 1. The van der Waals surface area contributed by atoms with Crippen molar-refractivity contribution in [1.29, 1.82) is 0 Å². The van der Waals surface area contributed by atoms with Gasteiger partial charge in [0.1, 0.15) is 16.0 Å². The van der Waals surface area contributed by atoms with Crippen molar-refractivity contribution in [2.75, 3.05) is 5.73 Å². The van der Waals surface area contributed by atoms with E-state index in [0.717, 1.165) is 11.0 Å². The molecule has 0 saturated heterocycles. The molecule has 10 heavy (non-hydrogen) atoms. The molecule has 0 fully saturated rings. The van der Waals surface area contributed by atoms with Crippen LogP contribution in [0.1, 0.15) is 0 Å². The highest BCUT2D eigenvalue weighted by molar-refractivity contribution is 7.11. The van der Waals surface area contributed by atoms with Crippen LogP contribution in [0.5, 0.6) is 0 Å². The molecular formula is C6H5N3S. The Morgan fingerprint density at radius 2 is 2.40 bits per heavy atom. The number of anilines is 1. The first kappa shape index (κ1) is 5.61. The van der Waals surface area contributed by atoms with Crippen molar-refractivity contribution in [3.63, 3.8) is 0 Å². The summed E-state index contributed by atoms with van der Waals surface area (Å²) in [5.74, 6) is 0. The second kappa shape index (κ2) is 1.91. The van der Waals surface area contributed by atoms with Crippen LogP contribution in [0.2, 0.25) is 0 Å². The molecule has 0 aliphatic heterocycles. The SMILES string of the molecule is Nc1snc2cccnc12. The minimum Gasteiger partial charge on any atom is -0.388 e. The lowest BCUT2D eigenvalue weighted by Gasteiger charge is -1.84. The second-order valence-electron chi connectivity index (χ2n) is 1.92. The maximum Gasteiger partial charge on any atom is 0.133 e. The van der Waals surface area contributed by atoms with E-state index < -0.39 is 0 Å². The molecule has 0 amide bonds. The highest BCUT2D eigenvalue weighted by Crippen LogP contribution is 2.20. The van der Waals surface area contributed by atoms with E-state index >= 15 is 0 Å². The molecule has 2 N–H and O–H groups in total. The minimum atomic E-state index is 0.690. The Morgan fingerprint density at radius 3 is 3.20 bits per heavy atom. The summed E-state index contributed by atoms with van der Waals surface area (Å²) in [7, 11) is 0. The summed E-state index contributed by atoms with van der Waals surface area (Å²) >= 11 is 1.28. The van der Waals surface area contributed by atoms with E-state index in [1.54, 1.807) is 6.20 Å². The largest absolute Gasteiger partial charge is 0.388 e. The van der Waals surface area contributed by atoms with Gasteiger partial charge in [0.25, 0.3) is 0 Å². The first-order chi connectivity index (χ1) is 4.88. The van der Waals surface area contributed by atoms with E-state index in [4.69, 9.17) is 5.73 Å². The number of nitrogens with two attached hydrogens (primary N) is 1. The third-order valence-electron chi connectivity index (χ3n) is 1.26. The smallest absolute Gasteiger partial charge is 0.133 e. The van der Waals surface area contributed by atoms with E-state index in [1.165, 1.54) is 11.5 Å². The van der Waals surface area contributed by atoms with Gasteiger partial charge in [-0.05, 0) is 23.7 Å². The third kappa shape index (κ3) is 0.657. The van der Waals surface area contributed by atoms with Gasteiger partial charge < -0.3 is 5.73 Å². The highest BCUT2D eigenvalue weighted by Gasteiger charge is 2.00. The van der Waals surface area contributed by atoms with Gasteiger partial charge in [0.05, 0.1) is 0 Å². The zero-order valence-corrected chi connectivity index (χ0v) is 5.93. The van der Waals surface area contributed by atoms with Crippen LogP contribution >= 0.6 is 11.5 Å². The third-order valence-corrected chi connectivity index (χ3v) is 1.94. The van der Waals surface area contributed by atoms with E-state index in [9.17, 15) is 0 Å². The molecule has 3 nitrogen and oxygen atoms in total. The fourth-order valence-electron chi connectivity index (χ4n) is 0.802.